The number of hydrogen-bond acceptors (Lipinski definition) is 2. The topological polar surface area (TPSA) is 40.1 Å². The molecule has 0 amide bonds. The van der Waals surface area contributed by atoms with E-state index in [1.807, 2.05) is 0 Å². The van der Waals surface area contributed by atoms with E-state index in [1.54, 1.807) is 0 Å². The van der Waals surface area contributed by atoms with Gasteiger partial charge in [-0.25, -0.2) is 0 Å². The van der Waals surface area contributed by atoms with Crippen LogP contribution in [0.3, 0.4) is 0 Å². The van der Waals surface area contributed by atoms with Crippen LogP contribution in [0.4, 0.5) is 0 Å². The van der Waals surface area contributed by atoms with E-state index >= 15 is 0 Å². The largest absolute Gasteiger partial charge is 0.498 e. The Morgan fingerprint density at radius 2 is 0.490 bits per heavy atom. The van der Waals surface area contributed by atoms with E-state index in [-0.39, 0.29) is 25.8 Å². The molecular formula is C43H46Cl2O2P2PdS+2. The molecule has 0 heterocycles. The molecular weight excluding hydrogens is 820 g/mol. The van der Waals surface area contributed by atoms with Crippen LogP contribution in [0, 0.1) is 0 Å². The summed E-state index contributed by atoms with van der Waals surface area (Å²) in [5.74, 6) is 0. The van der Waals surface area contributed by atoms with Crippen LogP contribution in [0.2, 0.25) is 0 Å². The molecule has 2 nitrogen and oxygen atoms in total. The summed E-state index contributed by atoms with van der Waals surface area (Å²) in [5.41, 5.74) is 8.85. The standard InChI is InChI=1S/2C21H21P.CH2Cl2.O2S.Pd/c2*1-4-10-19(11-5-1)16-22(17-20-12-6-2-7-13-20)18-21-14-8-3-9-15-21;2-1-3;1-3-2;/h2*1-15H,16-18H2;1H2;;/p+2. The van der Waals surface area contributed by atoms with E-state index in [0.29, 0.717) is 0 Å². The first kappa shape index (κ1) is 44.6. The molecule has 8 heteroatoms. The third-order valence-corrected chi connectivity index (χ3v) is 13.2. The first-order valence-electron chi connectivity index (χ1n) is 16.6. The van der Waals surface area contributed by atoms with Gasteiger partial charge in [0, 0.05) is 40.5 Å². The number of hydrogen-bond donors (Lipinski definition) is 0. The fraction of sp³-hybridized carbons (Fsp3) is 0.163. The summed E-state index contributed by atoms with van der Waals surface area (Å²) in [6.07, 6.45) is 7.39. The van der Waals surface area contributed by atoms with Crippen molar-refractivity contribution in [1.29, 1.82) is 0 Å². The molecule has 0 aliphatic carbocycles. The number of alkyl halides is 2. The van der Waals surface area contributed by atoms with Gasteiger partial charge in [0.05, 0.1) is 42.3 Å². The normalized spacial score (nSPS) is 9.90. The van der Waals surface area contributed by atoms with Crippen molar-refractivity contribution >= 4 is 51.0 Å². The predicted octanol–water partition coefficient (Wildman–Crippen LogP) is 12.6. The molecule has 0 atom stereocenters. The molecule has 0 aromatic heterocycles. The number of halogens is 2. The maximum atomic E-state index is 8.29. The maximum Gasteiger partial charge on any atom is 0.460 e. The van der Waals surface area contributed by atoms with Gasteiger partial charge in [0.1, 0.15) is 0 Å². The van der Waals surface area contributed by atoms with Crippen molar-refractivity contribution in [3.63, 3.8) is 0 Å². The van der Waals surface area contributed by atoms with Crippen LogP contribution in [0.25, 0.3) is 0 Å². The zero-order valence-corrected chi connectivity index (χ0v) is 34.5. The smallest absolute Gasteiger partial charge is 0.460 e. The van der Waals surface area contributed by atoms with E-state index in [4.69, 9.17) is 32.0 Å². The summed E-state index contributed by atoms with van der Waals surface area (Å²) in [4.78, 5) is 0. The zero-order valence-electron chi connectivity index (χ0n) is 28.6. The van der Waals surface area contributed by atoms with Crippen LogP contribution < -0.4 is 0 Å². The van der Waals surface area contributed by atoms with Gasteiger partial charge in [-0.15, -0.1) is 23.2 Å². The summed E-state index contributed by atoms with van der Waals surface area (Å²) in [6, 6.07) is 65.6. The second-order valence-corrected chi connectivity index (χ2v) is 17.7. The molecule has 6 aromatic rings. The van der Waals surface area contributed by atoms with E-state index in [9.17, 15) is 0 Å². The van der Waals surface area contributed by atoms with Crippen LogP contribution in [-0.2, 0) is 73.6 Å². The second-order valence-electron chi connectivity index (χ2n) is 11.6. The van der Waals surface area contributed by atoms with Gasteiger partial charge in [-0.2, -0.15) is 0 Å². The molecule has 51 heavy (non-hydrogen) atoms. The third-order valence-electron chi connectivity index (χ3n) is 7.78. The first-order chi connectivity index (χ1) is 24.6. The van der Waals surface area contributed by atoms with E-state index in [1.165, 1.54) is 70.4 Å². The fourth-order valence-electron chi connectivity index (χ4n) is 5.68. The Hall–Kier alpha value is -2.60. The molecule has 268 valence electrons. The Kier molecular flexibility index (Phi) is 25.3. The minimum atomic E-state index is -0.750. The third kappa shape index (κ3) is 20.3. The van der Waals surface area contributed by atoms with Gasteiger partial charge < -0.3 is 4.55 Å². The molecule has 6 rings (SSSR count). The molecule has 0 aliphatic rings. The van der Waals surface area contributed by atoms with Crippen molar-refractivity contribution < 1.29 is 29.2 Å². The number of rotatable bonds is 12. The molecule has 0 aliphatic heterocycles. The monoisotopic (exact) mass is 864 g/mol. The van der Waals surface area contributed by atoms with Gasteiger partial charge in [0.25, 0.3) is 0 Å². The molecule has 0 spiro atoms. The Labute approximate surface area is 335 Å². The molecule has 0 bridgehead atoms. The summed E-state index contributed by atoms with van der Waals surface area (Å²) < 4.78 is 16.6. The van der Waals surface area contributed by atoms with Crippen LogP contribution in [0.15, 0.2) is 182 Å². The van der Waals surface area contributed by atoms with E-state index < -0.39 is 27.8 Å². The molecule has 0 saturated heterocycles. The molecule has 0 fully saturated rings. The quantitative estimate of drug-likeness (QED) is 0.0404. The average Bonchev–Trinajstić information content (AvgIpc) is 3.15. The van der Waals surface area contributed by atoms with Crippen molar-refractivity contribution in [1.82, 2.24) is 0 Å². The van der Waals surface area contributed by atoms with Crippen LogP contribution >= 0.6 is 39.0 Å². The van der Waals surface area contributed by atoms with Crippen LogP contribution in [0.1, 0.15) is 33.4 Å². The minimum Gasteiger partial charge on any atom is -0.498 e. The van der Waals surface area contributed by atoms with Crippen molar-refractivity contribution in [3.8, 4) is 0 Å². The van der Waals surface area contributed by atoms with Gasteiger partial charge in [0.2, 0.25) is 0 Å². The van der Waals surface area contributed by atoms with E-state index in [0.717, 1.165) is 0 Å². The van der Waals surface area contributed by atoms with E-state index in [2.05, 4.69) is 182 Å². The van der Waals surface area contributed by atoms with Gasteiger partial charge >= 0.3 is 11.9 Å². The minimum absolute atomic E-state index is 0. The Morgan fingerprint density at radius 3 is 0.608 bits per heavy atom. The zero-order chi connectivity index (χ0) is 35.5. The molecule has 6 aromatic carbocycles. The Balaban J connectivity index is 0.000000301. The molecule has 0 radical (unpaired) electrons. The van der Waals surface area contributed by atoms with Crippen molar-refractivity contribution in [2.45, 2.75) is 37.0 Å². The molecule has 0 unspecified atom stereocenters. The second kappa shape index (κ2) is 28.9. The summed E-state index contributed by atoms with van der Waals surface area (Å²) in [5, 5.41) is 0.194. The SMILES string of the molecule is ClCCl.O=[S+][O-].[Pd].c1ccc(C[PH+](Cc2ccccc2)Cc2ccccc2)cc1.c1ccc(C[PH+](Cc2ccccc2)Cc2ccccc2)cc1. The summed E-state index contributed by atoms with van der Waals surface area (Å²) >= 11 is 8.78. The fourth-order valence-corrected chi connectivity index (χ4v) is 11.3. The van der Waals surface area contributed by atoms with Gasteiger partial charge in [-0.3, -0.25) is 0 Å². The molecule has 0 saturated carbocycles. The van der Waals surface area contributed by atoms with Crippen molar-refractivity contribution in [2.24, 2.45) is 0 Å². The van der Waals surface area contributed by atoms with Gasteiger partial charge in [-0.05, 0) is 33.4 Å². The number of benzene rings is 6. The summed E-state index contributed by atoms with van der Waals surface area (Å²) in [6.45, 7) is 0. The van der Waals surface area contributed by atoms with Crippen molar-refractivity contribution in [3.05, 3.63) is 215 Å². The van der Waals surface area contributed by atoms with Crippen LogP contribution in [0.5, 0.6) is 0 Å². The Morgan fingerprint density at radius 1 is 0.373 bits per heavy atom. The summed E-state index contributed by atoms with van der Waals surface area (Å²) in [7, 11) is -1.00. The average molecular weight is 866 g/mol. The first-order valence-corrected chi connectivity index (χ1v) is 22.6. The predicted molar refractivity (Wildman–Crippen MR) is 223 cm³/mol. The maximum absolute atomic E-state index is 8.29. The van der Waals surface area contributed by atoms with Gasteiger partial charge in [0.15, 0.2) is 0 Å². The molecule has 0 N–H and O–H groups in total. The van der Waals surface area contributed by atoms with Gasteiger partial charge in [-0.1, -0.05) is 182 Å². The van der Waals surface area contributed by atoms with Crippen LogP contribution in [-0.4, -0.2) is 9.89 Å². The van der Waals surface area contributed by atoms with Crippen molar-refractivity contribution in [2.75, 3.05) is 5.34 Å². The Bertz CT molecular complexity index is 1350.